The molecule has 2 aromatic carbocycles. The molecule has 0 unspecified atom stereocenters. The van der Waals surface area contributed by atoms with E-state index in [4.69, 9.17) is 18.6 Å². The van der Waals surface area contributed by atoms with Crippen molar-refractivity contribution in [1.82, 2.24) is 0 Å². The maximum Gasteiger partial charge on any atom is 0.513 e. The predicted octanol–water partition coefficient (Wildman–Crippen LogP) is 4.68. The first kappa shape index (κ1) is 17.5. The van der Waals surface area contributed by atoms with E-state index in [0.29, 0.717) is 11.1 Å². The zero-order valence-corrected chi connectivity index (χ0v) is 14.5. The Kier molecular flexibility index (Phi) is 5.22. The average molecular weight is 354 g/mol. The molecule has 0 N–H and O–H groups in total. The van der Waals surface area contributed by atoms with Gasteiger partial charge in [-0.2, -0.15) is 0 Å². The minimum absolute atomic E-state index is 0.0841. The molecular formula is C20H18O6. The van der Waals surface area contributed by atoms with Gasteiger partial charge in [0.2, 0.25) is 11.2 Å². The predicted molar refractivity (Wildman–Crippen MR) is 96.0 cm³/mol. The number of ether oxygens (including phenoxy) is 3. The van der Waals surface area contributed by atoms with Crippen LogP contribution in [0.5, 0.6) is 17.2 Å². The molecule has 0 fully saturated rings. The third-order valence-corrected chi connectivity index (χ3v) is 3.74. The highest BCUT2D eigenvalue weighted by atomic mass is 16.7. The number of carbonyl (C=O) groups is 1. The Hall–Kier alpha value is -3.28. The molecule has 26 heavy (non-hydrogen) atoms. The van der Waals surface area contributed by atoms with Gasteiger partial charge in [0.05, 0.1) is 12.0 Å². The molecule has 3 aromatic rings. The molecule has 3 rings (SSSR count). The van der Waals surface area contributed by atoms with Crippen LogP contribution in [0.3, 0.4) is 0 Å². The van der Waals surface area contributed by atoms with E-state index in [9.17, 15) is 9.59 Å². The molecule has 134 valence electrons. The number of carbonyl (C=O) groups excluding carboxylic acids is 1. The van der Waals surface area contributed by atoms with E-state index >= 15 is 0 Å². The number of fused-ring (bicyclic) bond motifs is 1. The van der Waals surface area contributed by atoms with Crippen LogP contribution in [-0.4, -0.2) is 12.8 Å². The summed E-state index contributed by atoms with van der Waals surface area (Å²) in [5.41, 5.74) is 1.15. The van der Waals surface area contributed by atoms with Gasteiger partial charge in [-0.1, -0.05) is 19.1 Å². The van der Waals surface area contributed by atoms with Gasteiger partial charge >= 0.3 is 6.16 Å². The summed E-state index contributed by atoms with van der Waals surface area (Å²) in [6, 6.07) is 12.0. The van der Waals surface area contributed by atoms with Crippen molar-refractivity contribution in [3.63, 3.8) is 0 Å². The third kappa shape index (κ3) is 3.85. The SMILES string of the molecule is CCOC(=O)Oc1ccc2c(=O)c(Oc3ccc(CC)cc3)coc2c1. The molecule has 0 saturated heterocycles. The van der Waals surface area contributed by atoms with Crippen LogP contribution >= 0.6 is 0 Å². The van der Waals surface area contributed by atoms with E-state index in [-0.39, 0.29) is 29.1 Å². The van der Waals surface area contributed by atoms with E-state index in [2.05, 4.69) is 6.92 Å². The van der Waals surface area contributed by atoms with Crippen LogP contribution in [0.4, 0.5) is 4.79 Å². The number of hydrogen-bond acceptors (Lipinski definition) is 6. The Morgan fingerprint density at radius 1 is 1.04 bits per heavy atom. The monoisotopic (exact) mass is 354 g/mol. The summed E-state index contributed by atoms with van der Waals surface area (Å²) in [5.74, 6) is 0.861. The van der Waals surface area contributed by atoms with E-state index in [1.807, 2.05) is 12.1 Å². The van der Waals surface area contributed by atoms with Gasteiger partial charge in [-0.3, -0.25) is 4.79 Å². The molecule has 0 bridgehead atoms. The van der Waals surface area contributed by atoms with Crippen molar-refractivity contribution in [2.24, 2.45) is 0 Å². The first-order valence-corrected chi connectivity index (χ1v) is 8.27. The van der Waals surface area contributed by atoms with Gasteiger partial charge in [0.1, 0.15) is 23.3 Å². The fourth-order valence-electron chi connectivity index (χ4n) is 2.39. The van der Waals surface area contributed by atoms with Crippen LogP contribution in [0.15, 0.2) is 57.9 Å². The Labute approximate surface area is 149 Å². The third-order valence-electron chi connectivity index (χ3n) is 3.74. The molecule has 6 nitrogen and oxygen atoms in total. The molecular weight excluding hydrogens is 336 g/mol. The first-order valence-electron chi connectivity index (χ1n) is 8.27. The quantitative estimate of drug-likeness (QED) is 0.489. The van der Waals surface area contributed by atoms with Gasteiger partial charge in [0.15, 0.2) is 0 Å². The molecule has 6 heteroatoms. The highest BCUT2D eigenvalue weighted by molar-refractivity contribution is 5.80. The second-order valence-corrected chi connectivity index (χ2v) is 5.47. The molecule has 0 radical (unpaired) electrons. The summed E-state index contributed by atoms with van der Waals surface area (Å²) in [7, 11) is 0. The zero-order valence-electron chi connectivity index (χ0n) is 14.5. The summed E-state index contributed by atoms with van der Waals surface area (Å²) in [6.45, 7) is 3.95. The fraction of sp³-hybridized carbons (Fsp3) is 0.200. The second kappa shape index (κ2) is 7.74. The summed E-state index contributed by atoms with van der Waals surface area (Å²) < 4.78 is 20.8. The second-order valence-electron chi connectivity index (χ2n) is 5.47. The van der Waals surface area contributed by atoms with Crippen molar-refractivity contribution >= 4 is 17.1 Å². The highest BCUT2D eigenvalue weighted by Crippen LogP contribution is 2.24. The fourth-order valence-corrected chi connectivity index (χ4v) is 2.39. The van der Waals surface area contributed by atoms with Crippen molar-refractivity contribution in [2.45, 2.75) is 20.3 Å². The normalized spacial score (nSPS) is 10.5. The Bertz CT molecular complexity index is 972. The molecule has 0 aliphatic carbocycles. The number of aryl methyl sites for hydroxylation is 1. The number of hydrogen-bond donors (Lipinski definition) is 0. The lowest BCUT2D eigenvalue weighted by Gasteiger charge is -2.07. The van der Waals surface area contributed by atoms with Crippen LogP contribution in [-0.2, 0) is 11.2 Å². The van der Waals surface area contributed by atoms with Gasteiger partial charge in [0, 0.05) is 6.07 Å². The minimum Gasteiger partial charge on any atom is -0.460 e. The maximum absolute atomic E-state index is 12.6. The van der Waals surface area contributed by atoms with Gasteiger partial charge in [0.25, 0.3) is 0 Å². The van der Waals surface area contributed by atoms with E-state index in [1.165, 1.54) is 30.0 Å². The lowest BCUT2D eigenvalue weighted by molar-refractivity contribution is 0.104. The minimum atomic E-state index is -0.815. The number of rotatable bonds is 5. The Morgan fingerprint density at radius 2 is 1.77 bits per heavy atom. The smallest absolute Gasteiger partial charge is 0.460 e. The van der Waals surface area contributed by atoms with Gasteiger partial charge in [-0.25, -0.2) is 4.79 Å². The van der Waals surface area contributed by atoms with Crippen molar-refractivity contribution < 1.29 is 23.4 Å². The molecule has 0 aliphatic heterocycles. The molecule has 0 aliphatic rings. The maximum atomic E-state index is 12.6. The van der Waals surface area contributed by atoms with Crippen LogP contribution in [0.1, 0.15) is 19.4 Å². The Morgan fingerprint density at radius 3 is 2.46 bits per heavy atom. The summed E-state index contributed by atoms with van der Waals surface area (Å²) >= 11 is 0. The zero-order chi connectivity index (χ0) is 18.5. The van der Waals surface area contributed by atoms with Crippen LogP contribution in [0.25, 0.3) is 11.0 Å². The summed E-state index contributed by atoms with van der Waals surface area (Å²) in [5, 5.41) is 0.323. The van der Waals surface area contributed by atoms with Crippen molar-refractivity contribution in [3.8, 4) is 17.2 Å². The van der Waals surface area contributed by atoms with Crippen LogP contribution in [0, 0.1) is 0 Å². The van der Waals surface area contributed by atoms with E-state index in [1.54, 1.807) is 19.1 Å². The molecule has 0 saturated carbocycles. The molecule has 1 heterocycles. The lowest BCUT2D eigenvalue weighted by atomic mass is 10.2. The molecule has 0 atom stereocenters. The largest absolute Gasteiger partial charge is 0.513 e. The first-order chi connectivity index (χ1) is 12.6. The van der Waals surface area contributed by atoms with Gasteiger partial charge in [-0.05, 0) is 43.2 Å². The number of benzene rings is 2. The average Bonchev–Trinajstić information content (AvgIpc) is 2.65. The molecule has 1 aromatic heterocycles. The van der Waals surface area contributed by atoms with Crippen LogP contribution in [0.2, 0.25) is 0 Å². The van der Waals surface area contributed by atoms with Gasteiger partial charge in [-0.15, -0.1) is 0 Å². The summed E-state index contributed by atoms with van der Waals surface area (Å²) in [6.07, 6.45) is 1.35. The van der Waals surface area contributed by atoms with Crippen molar-refractivity contribution in [2.75, 3.05) is 6.61 Å². The summed E-state index contributed by atoms with van der Waals surface area (Å²) in [4.78, 5) is 23.9. The lowest BCUT2D eigenvalue weighted by Crippen LogP contribution is -2.10. The van der Waals surface area contributed by atoms with Crippen LogP contribution < -0.4 is 14.9 Å². The van der Waals surface area contributed by atoms with E-state index < -0.39 is 6.16 Å². The molecule has 0 amide bonds. The standard InChI is InChI=1S/C20H18O6/c1-3-13-5-7-14(8-6-13)25-18-12-24-17-11-15(26-20(22)23-4-2)9-10-16(17)19(18)21/h5-12H,3-4H2,1-2H3. The van der Waals surface area contributed by atoms with Crippen molar-refractivity contribution in [3.05, 3.63) is 64.5 Å². The topological polar surface area (TPSA) is 75.0 Å². The Balaban J connectivity index is 1.85. The van der Waals surface area contributed by atoms with E-state index in [0.717, 1.165) is 6.42 Å². The highest BCUT2D eigenvalue weighted by Gasteiger charge is 2.12. The van der Waals surface area contributed by atoms with Crippen molar-refractivity contribution in [1.29, 1.82) is 0 Å². The van der Waals surface area contributed by atoms with Gasteiger partial charge < -0.3 is 18.6 Å². The molecule has 0 spiro atoms.